The fraction of sp³-hybridized carbons (Fsp3) is 0.769. The van der Waals surface area contributed by atoms with E-state index >= 15 is 0 Å². The minimum Gasteiger partial charge on any atom is -0.481 e. The first-order valence-electron chi connectivity index (χ1n) is 6.63. The van der Waals surface area contributed by atoms with Crippen molar-refractivity contribution < 1.29 is 19.2 Å². The van der Waals surface area contributed by atoms with Gasteiger partial charge in [0.25, 0.3) is 0 Å². The van der Waals surface area contributed by atoms with Gasteiger partial charge in [0.2, 0.25) is 5.89 Å². The summed E-state index contributed by atoms with van der Waals surface area (Å²) in [7, 11) is 0. The van der Waals surface area contributed by atoms with Gasteiger partial charge in [0.1, 0.15) is 0 Å². The summed E-state index contributed by atoms with van der Waals surface area (Å²) in [5, 5.41) is 13.1. The summed E-state index contributed by atoms with van der Waals surface area (Å²) in [6, 6.07) is 0. The van der Waals surface area contributed by atoms with Crippen LogP contribution in [0.2, 0.25) is 0 Å². The zero-order chi connectivity index (χ0) is 13.6. The minimum atomic E-state index is -0.793. The van der Waals surface area contributed by atoms with Crippen LogP contribution in [0.5, 0.6) is 0 Å². The van der Waals surface area contributed by atoms with Crippen LogP contribution in [0.3, 0.4) is 0 Å². The molecular weight excluding hydrogens is 248 g/mol. The van der Waals surface area contributed by atoms with Crippen LogP contribution in [0.1, 0.15) is 37.9 Å². The van der Waals surface area contributed by atoms with Gasteiger partial charge in [0.05, 0.1) is 11.8 Å². The van der Waals surface area contributed by atoms with Gasteiger partial charge in [-0.1, -0.05) is 19.0 Å². The second-order valence-corrected chi connectivity index (χ2v) is 6.10. The van der Waals surface area contributed by atoms with Crippen LogP contribution < -0.4 is 0 Å². The van der Waals surface area contributed by atoms with Crippen molar-refractivity contribution in [1.29, 1.82) is 0 Å². The Labute approximate surface area is 111 Å². The number of carbonyl (C=O) groups is 1. The number of aliphatic carboxylic acids is 1. The Morgan fingerprint density at radius 1 is 1.53 bits per heavy atom. The summed E-state index contributed by atoms with van der Waals surface area (Å²) < 4.78 is 10.6. The molecule has 1 aliphatic carbocycles. The molecule has 1 aliphatic heterocycles. The first-order chi connectivity index (χ1) is 9.00. The Hall–Kier alpha value is -1.43. The third-order valence-electron chi connectivity index (χ3n) is 4.34. The zero-order valence-electron chi connectivity index (χ0n) is 11.1. The van der Waals surface area contributed by atoms with Crippen molar-refractivity contribution in [3.63, 3.8) is 0 Å². The summed E-state index contributed by atoms with van der Waals surface area (Å²) in [5.41, 5.74) is -0.299. The van der Waals surface area contributed by atoms with Crippen molar-refractivity contribution in [2.75, 3.05) is 13.2 Å². The highest BCUT2D eigenvalue weighted by Gasteiger charge is 2.65. The van der Waals surface area contributed by atoms with E-state index in [4.69, 9.17) is 14.4 Å². The molecule has 3 unspecified atom stereocenters. The number of carboxylic acid groups (broad SMARTS) is 1. The lowest BCUT2D eigenvalue weighted by Crippen LogP contribution is -2.05. The lowest BCUT2D eigenvalue weighted by Gasteiger charge is -2.01. The first-order valence-corrected chi connectivity index (χ1v) is 6.63. The fourth-order valence-corrected chi connectivity index (χ4v) is 3.04. The quantitative estimate of drug-likeness (QED) is 0.888. The number of aromatic nitrogens is 2. The van der Waals surface area contributed by atoms with Crippen LogP contribution in [0.4, 0.5) is 0 Å². The zero-order valence-corrected chi connectivity index (χ0v) is 11.1. The van der Waals surface area contributed by atoms with Gasteiger partial charge in [-0.3, -0.25) is 4.79 Å². The molecule has 1 saturated carbocycles. The summed E-state index contributed by atoms with van der Waals surface area (Å²) in [4.78, 5) is 15.5. The lowest BCUT2D eigenvalue weighted by atomic mass is 10.1. The van der Waals surface area contributed by atoms with E-state index in [2.05, 4.69) is 10.1 Å². The Kier molecular flexibility index (Phi) is 2.85. The molecule has 2 fully saturated rings. The SMILES string of the molecule is CC1(C)C(C(=O)O)C1c1nc(CC2CCOC2)no1. The summed E-state index contributed by atoms with van der Waals surface area (Å²) in [6.07, 6.45) is 1.77. The smallest absolute Gasteiger partial charge is 0.307 e. The summed E-state index contributed by atoms with van der Waals surface area (Å²) in [6.45, 7) is 5.39. The monoisotopic (exact) mass is 266 g/mol. The molecule has 1 saturated heterocycles. The van der Waals surface area contributed by atoms with Gasteiger partial charge in [-0.25, -0.2) is 0 Å². The minimum absolute atomic E-state index is 0.161. The van der Waals surface area contributed by atoms with Gasteiger partial charge in [0.15, 0.2) is 5.82 Å². The molecule has 0 radical (unpaired) electrons. The first kappa shape index (κ1) is 12.6. The van der Waals surface area contributed by atoms with Crippen LogP contribution in [-0.4, -0.2) is 34.4 Å². The van der Waals surface area contributed by atoms with E-state index in [9.17, 15) is 4.79 Å². The normalized spacial score (nSPS) is 32.4. The van der Waals surface area contributed by atoms with E-state index in [0.29, 0.717) is 17.6 Å². The molecule has 3 atom stereocenters. The van der Waals surface area contributed by atoms with E-state index in [0.717, 1.165) is 26.1 Å². The summed E-state index contributed by atoms with van der Waals surface area (Å²) >= 11 is 0. The number of carboxylic acids is 1. The van der Waals surface area contributed by atoms with Crippen LogP contribution in [0.25, 0.3) is 0 Å². The Bertz CT molecular complexity index is 491. The standard InChI is InChI=1S/C13H18N2O4/c1-13(2)9(10(13)12(16)17)11-14-8(15-19-11)5-7-3-4-18-6-7/h7,9-10H,3-6H2,1-2H3,(H,16,17). The molecule has 0 bridgehead atoms. The highest BCUT2D eigenvalue weighted by Crippen LogP contribution is 2.64. The molecule has 1 aromatic rings. The Morgan fingerprint density at radius 3 is 2.89 bits per heavy atom. The predicted octanol–water partition coefficient (Wildman–Crippen LogP) is 1.47. The third kappa shape index (κ3) is 2.14. The number of hydrogen-bond acceptors (Lipinski definition) is 5. The highest BCUT2D eigenvalue weighted by atomic mass is 16.5. The highest BCUT2D eigenvalue weighted by molar-refractivity contribution is 5.77. The maximum atomic E-state index is 11.1. The van der Waals surface area contributed by atoms with Crippen molar-refractivity contribution in [3.8, 4) is 0 Å². The third-order valence-corrected chi connectivity index (χ3v) is 4.34. The average Bonchev–Trinajstić information content (AvgIpc) is 2.80. The second-order valence-electron chi connectivity index (χ2n) is 6.10. The van der Waals surface area contributed by atoms with Gasteiger partial charge in [-0.15, -0.1) is 0 Å². The average molecular weight is 266 g/mol. The molecule has 6 nitrogen and oxygen atoms in total. The Morgan fingerprint density at radius 2 is 2.32 bits per heavy atom. The van der Waals surface area contributed by atoms with Gasteiger partial charge in [0, 0.05) is 19.6 Å². The molecule has 0 aromatic carbocycles. The Balaban J connectivity index is 1.70. The van der Waals surface area contributed by atoms with Crippen molar-refractivity contribution in [1.82, 2.24) is 10.1 Å². The molecule has 3 rings (SSSR count). The molecule has 104 valence electrons. The molecule has 1 N–H and O–H groups in total. The lowest BCUT2D eigenvalue weighted by molar-refractivity contribution is -0.139. The largest absolute Gasteiger partial charge is 0.481 e. The number of nitrogens with zero attached hydrogens (tertiary/aromatic N) is 2. The van der Waals surface area contributed by atoms with Crippen molar-refractivity contribution in [2.24, 2.45) is 17.3 Å². The molecule has 2 heterocycles. The topological polar surface area (TPSA) is 85.5 Å². The molecule has 6 heteroatoms. The number of rotatable bonds is 4. The van der Waals surface area contributed by atoms with E-state index in [1.165, 1.54) is 0 Å². The maximum Gasteiger partial charge on any atom is 0.307 e. The van der Waals surface area contributed by atoms with E-state index in [1.54, 1.807) is 0 Å². The molecule has 19 heavy (non-hydrogen) atoms. The molecule has 2 aliphatic rings. The van der Waals surface area contributed by atoms with Gasteiger partial charge >= 0.3 is 5.97 Å². The van der Waals surface area contributed by atoms with Crippen LogP contribution in [0.15, 0.2) is 4.52 Å². The molecule has 1 aromatic heterocycles. The van der Waals surface area contributed by atoms with Crippen LogP contribution in [-0.2, 0) is 16.0 Å². The molecule has 0 spiro atoms. The molecule has 0 amide bonds. The van der Waals surface area contributed by atoms with E-state index in [-0.39, 0.29) is 11.3 Å². The number of ether oxygens (including phenoxy) is 1. The van der Waals surface area contributed by atoms with Crippen molar-refractivity contribution in [2.45, 2.75) is 32.6 Å². The van der Waals surface area contributed by atoms with Crippen LogP contribution >= 0.6 is 0 Å². The van der Waals surface area contributed by atoms with E-state index in [1.807, 2.05) is 13.8 Å². The van der Waals surface area contributed by atoms with E-state index < -0.39 is 11.9 Å². The summed E-state index contributed by atoms with van der Waals surface area (Å²) in [5.74, 6) is 0.206. The number of hydrogen-bond donors (Lipinski definition) is 1. The predicted molar refractivity (Wildman–Crippen MR) is 64.6 cm³/mol. The maximum absolute atomic E-state index is 11.1. The molecular formula is C13H18N2O4. The van der Waals surface area contributed by atoms with Gasteiger partial charge < -0.3 is 14.4 Å². The second kappa shape index (κ2) is 4.30. The van der Waals surface area contributed by atoms with Crippen molar-refractivity contribution in [3.05, 3.63) is 11.7 Å². The van der Waals surface area contributed by atoms with Gasteiger partial charge in [-0.2, -0.15) is 4.98 Å². The fourth-order valence-electron chi connectivity index (χ4n) is 3.04. The van der Waals surface area contributed by atoms with Gasteiger partial charge in [-0.05, 0) is 17.8 Å². The van der Waals surface area contributed by atoms with Crippen LogP contribution in [0, 0.1) is 17.3 Å². The van der Waals surface area contributed by atoms with Crippen molar-refractivity contribution >= 4 is 5.97 Å².